The lowest BCUT2D eigenvalue weighted by Crippen LogP contribution is -2.14. The summed E-state index contributed by atoms with van der Waals surface area (Å²) in [5, 5.41) is 0.195. The molecular formula is C25H28F3NOS. The minimum absolute atomic E-state index is 0.152. The van der Waals surface area contributed by atoms with Crippen LogP contribution in [0, 0.1) is 23.4 Å². The number of thiazole rings is 1. The van der Waals surface area contributed by atoms with E-state index >= 15 is 8.78 Å². The fourth-order valence-corrected chi connectivity index (χ4v) is 5.79. The zero-order valence-corrected chi connectivity index (χ0v) is 18.8. The van der Waals surface area contributed by atoms with Crippen LogP contribution in [0.5, 0.6) is 5.75 Å². The molecule has 0 bridgehead atoms. The molecular weight excluding hydrogens is 419 g/mol. The van der Waals surface area contributed by atoms with Crippen molar-refractivity contribution in [3.8, 4) is 16.3 Å². The number of halogens is 3. The van der Waals surface area contributed by atoms with Gasteiger partial charge in [0.15, 0.2) is 0 Å². The maximum atomic E-state index is 15.0. The minimum atomic E-state index is -0.612. The van der Waals surface area contributed by atoms with Crippen LogP contribution in [0.3, 0.4) is 0 Å². The van der Waals surface area contributed by atoms with E-state index in [9.17, 15) is 4.39 Å². The lowest BCUT2D eigenvalue weighted by Gasteiger charge is -2.29. The molecule has 6 heteroatoms. The highest BCUT2D eigenvalue weighted by molar-refractivity contribution is 7.21. The summed E-state index contributed by atoms with van der Waals surface area (Å²) in [6.07, 6.45) is 9.27. The first kappa shape index (κ1) is 22.1. The third-order valence-electron chi connectivity index (χ3n) is 6.46. The molecule has 0 amide bonds. The fourth-order valence-electron chi connectivity index (χ4n) is 4.73. The van der Waals surface area contributed by atoms with Gasteiger partial charge in [-0.25, -0.2) is 18.2 Å². The van der Waals surface area contributed by atoms with E-state index in [4.69, 9.17) is 4.74 Å². The molecule has 1 fully saturated rings. The normalized spacial score (nSPS) is 19.1. The highest BCUT2D eigenvalue weighted by atomic mass is 32.1. The van der Waals surface area contributed by atoms with Crippen molar-refractivity contribution < 1.29 is 17.9 Å². The SMILES string of the molecule is CCCCCC1CCC(c2cc(F)c(-c3nc4c(OC)cc(F)cc4s3)c(F)c2)CC1. The summed E-state index contributed by atoms with van der Waals surface area (Å²) in [6.45, 7) is 2.22. The predicted molar refractivity (Wildman–Crippen MR) is 120 cm³/mol. The fraction of sp³-hybridized carbons (Fsp3) is 0.480. The lowest BCUT2D eigenvalue weighted by atomic mass is 9.77. The lowest BCUT2D eigenvalue weighted by molar-refractivity contribution is 0.302. The van der Waals surface area contributed by atoms with Gasteiger partial charge in [0.2, 0.25) is 0 Å². The van der Waals surface area contributed by atoms with Crippen LogP contribution < -0.4 is 4.74 Å². The van der Waals surface area contributed by atoms with Gasteiger partial charge in [-0.05, 0) is 61.3 Å². The van der Waals surface area contributed by atoms with Gasteiger partial charge in [0, 0.05) is 6.07 Å². The summed E-state index contributed by atoms with van der Waals surface area (Å²) >= 11 is 1.06. The molecule has 2 aromatic carbocycles. The molecule has 0 radical (unpaired) electrons. The summed E-state index contributed by atoms with van der Waals surface area (Å²) in [6, 6.07) is 5.46. The number of methoxy groups -OCH3 is 1. The second-order valence-electron chi connectivity index (χ2n) is 8.55. The van der Waals surface area contributed by atoms with E-state index in [1.165, 1.54) is 57.1 Å². The second kappa shape index (κ2) is 9.60. The van der Waals surface area contributed by atoms with Gasteiger partial charge in [0.1, 0.15) is 33.7 Å². The molecule has 31 heavy (non-hydrogen) atoms. The van der Waals surface area contributed by atoms with E-state index < -0.39 is 17.5 Å². The molecule has 1 aromatic heterocycles. The average molecular weight is 448 g/mol. The highest BCUT2D eigenvalue weighted by Gasteiger charge is 2.25. The number of hydrogen-bond donors (Lipinski definition) is 0. The van der Waals surface area contributed by atoms with E-state index in [2.05, 4.69) is 11.9 Å². The van der Waals surface area contributed by atoms with E-state index in [1.807, 2.05) is 0 Å². The van der Waals surface area contributed by atoms with Crippen LogP contribution in [-0.4, -0.2) is 12.1 Å². The monoisotopic (exact) mass is 447 g/mol. The van der Waals surface area contributed by atoms with Gasteiger partial charge in [-0.15, -0.1) is 11.3 Å². The zero-order chi connectivity index (χ0) is 22.0. The Morgan fingerprint density at radius 1 is 1.00 bits per heavy atom. The van der Waals surface area contributed by atoms with E-state index in [-0.39, 0.29) is 22.2 Å². The molecule has 2 nitrogen and oxygen atoms in total. The number of unbranched alkanes of at least 4 members (excludes halogenated alkanes) is 2. The molecule has 1 saturated carbocycles. The molecule has 0 unspecified atom stereocenters. The van der Waals surface area contributed by atoms with Crippen LogP contribution in [0.2, 0.25) is 0 Å². The van der Waals surface area contributed by atoms with Gasteiger partial charge in [0.05, 0.1) is 17.4 Å². The Hall–Kier alpha value is -2.08. The van der Waals surface area contributed by atoms with Gasteiger partial charge in [0.25, 0.3) is 0 Å². The van der Waals surface area contributed by atoms with Crippen molar-refractivity contribution in [1.82, 2.24) is 4.98 Å². The number of benzene rings is 2. The maximum absolute atomic E-state index is 15.0. The number of fused-ring (bicyclic) bond motifs is 1. The second-order valence-corrected chi connectivity index (χ2v) is 9.58. The van der Waals surface area contributed by atoms with Crippen LogP contribution in [0.1, 0.15) is 69.8 Å². The first-order valence-corrected chi connectivity index (χ1v) is 11.9. The summed E-state index contributed by atoms with van der Waals surface area (Å²) in [7, 11) is 1.42. The largest absolute Gasteiger partial charge is 0.494 e. The van der Waals surface area contributed by atoms with Crippen molar-refractivity contribution in [1.29, 1.82) is 0 Å². The van der Waals surface area contributed by atoms with Crippen molar-refractivity contribution in [2.45, 2.75) is 64.2 Å². The van der Waals surface area contributed by atoms with Gasteiger partial charge < -0.3 is 4.74 Å². The Bertz CT molecular complexity index is 1030. The van der Waals surface area contributed by atoms with Crippen LogP contribution >= 0.6 is 11.3 Å². The Morgan fingerprint density at radius 2 is 1.71 bits per heavy atom. The van der Waals surface area contributed by atoms with Crippen LogP contribution in [0.15, 0.2) is 24.3 Å². The third-order valence-corrected chi connectivity index (χ3v) is 7.48. The molecule has 166 valence electrons. The maximum Gasteiger partial charge on any atom is 0.148 e. The van der Waals surface area contributed by atoms with E-state index in [0.717, 1.165) is 48.5 Å². The Kier molecular flexibility index (Phi) is 6.85. The predicted octanol–water partition coefficient (Wildman–Crippen LogP) is 8.24. The van der Waals surface area contributed by atoms with Crippen molar-refractivity contribution >= 4 is 21.6 Å². The summed E-state index contributed by atoms with van der Waals surface area (Å²) in [4.78, 5) is 4.35. The van der Waals surface area contributed by atoms with Gasteiger partial charge in [-0.1, -0.05) is 32.6 Å². The van der Waals surface area contributed by atoms with Crippen molar-refractivity contribution in [2.75, 3.05) is 7.11 Å². The molecule has 0 aliphatic heterocycles. The molecule has 1 aliphatic rings. The summed E-state index contributed by atoms with van der Waals surface area (Å²) in [5.74, 6) is -0.496. The summed E-state index contributed by atoms with van der Waals surface area (Å²) < 4.78 is 49.5. The molecule has 1 aliphatic carbocycles. The number of ether oxygens (including phenoxy) is 1. The molecule has 0 spiro atoms. The van der Waals surface area contributed by atoms with Crippen molar-refractivity contribution in [3.05, 3.63) is 47.3 Å². The average Bonchev–Trinajstić information content (AvgIpc) is 3.16. The molecule has 3 aromatic rings. The smallest absolute Gasteiger partial charge is 0.148 e. The number of aromatic nitrogens is 1. The third kappa shape index (κ3) is 4.74. The van der Waals surface area contributed by atoms with Crippen LogP contribution in [0.4, 0.5) is 13.2 Å². The molecule has 0 N–H and O–H groups in total. The number of nitrogens with zero attached hydrogens (tertiary/aromatic N) is 1. The standard InChI is InChI=1S/C25H28F3NOS/c1-3-4-5-6-15-7-9-16(10-8-15)17-11-19(27)23(20(28)12-17)25-29-24-21(30-2)13-18(26)14-22(24)31-25/h11-16H,3-10H2,1-2H3. The molecule has 0 saturated heterocycles. The minimum Gasteiger partial charge on any atom is -0.494 e. The molecule has 1 heterocycles. The highest BCUT2D eigenvalue weighted by Crippen LogP contribution is 2.41. The van der Waals surface area contributed by atoms with E-state index in [1.54, 1.807) is 0 Å². The molecule has 0 atom stereocenters. The zero-order valence-electron chi connectivity index (χ0n) is 18.0. The first-order chi connectivity index (χ1) is 15.0. The number of hydrogen-bond acceptors (Lipinski definition) is 3. The Balaban J connectivity index is 1.55. The van der Waals surface area contributed by atoms with Crippen molar-refractivity contribution in [2.24, 2.45) is 5.92 Å². The van der Waals surface area contributed by atoms with Crippen LogP contribution in [-0.2, 0) is 0 Å². The first-order valence-electron chi connectivity index (χ1n) is 11.1. The molecule has 4 rings (SSSR count). The summed E-state index contributed by atoms with van der Waals surface area (Å²) in [5.41, 5.74) is 0.990. The Labute approximate surface area is 185 Å². The quantitative estimate of drug-likeness (QED) is 0.340. The number of rotatable bonds is 7. The topological polar surface area (TPSA) is 22.1 Å². The van der Waals surface area contributed by atoms with Crippen LogP contribution in [0.25, 0.3) is 20.8 Å². The van der Waals surface area contributed by atoms with Gasteiger partial charge in [-0.2, -0.15) is 0 Å². The van der Waals surface area contributed by atoms with Gasteiger partial charge >= 0.3 is 0 Å². The Morgan fingerprint density at radius 3 is 2.35 bits per heavy atom. The van der Waals surface area contributed by atoms with E-state index in [0.29, 0.717) is 10.2 Å². The van der Waals surface area contributed by atoms with Crippen molar-refractivity contribution in [3.63, 3.8) is 0 Å². The van der Waals surface area contributed by atoms with Gasteiger partial charge in [-0.3, -0.25) is 0 Å².